The van der Waals surface area contributed by atoms with Crippen LogP contribution in [0.3, 0.4) is 0 Å². The van der Waals surface area contributed by atoms with Crippen LogP contribution in [0.15, 0.2) is 11.6 Å². The first-order chi connectivity index (χ1) is 8.96. The van der Waals surface area contributed by atoms with Crippen LogP contribution in [0.4, 0.5) is 5.13 Å². The standard InChI is InChI=1S/C14H23N3OS/c1-14(2,3)5-4-12(18)16-7-9-17(10-8-16)13-15-6-11-19-13/h6,11H,4-5,7-10H2,1-3H3. The molecule has 4 nitrogen and oxygen atoms in total. The van der Waals surface area contributed by atoms with Gasteiger partial charge in [-0.2, -0.15) is 0 Å². The third kappa shape index (κ3) is 4.20. The Labute approximate surface area is 119 Å². The third-order valence-electron chi connectivity index (χ3n) is 3.41. The van der Waals surface area contributed by atoms with Gasteiger partial charge in [0.2, 0.25) is 5.91 Å². The summed E-state index contributed by atoms with van der Waals surface area (Å²) in [6.07, 6.45) is 3.46. The summed E-state index contributed by atoms with van der Waals surface area (Å²) >= 11 is 1.66. The highest BCUT2D eigenvalue weighted by Crippen LogP contribution is 2.22. The van der Waals surface area contributed by atoms with E-state index in [1.54, 1.807) is 11.3 Å². The van der Waals surface area contributed by atoms with Crippen molar-refractivity contribution in [3.8, 4) is 0 Å². The SMILES string of the molecule is CC(C)(C)CCC(=O)N1CCN(c2nccs2)CC1. The summed E-state index contributed by atoms with van der Waals surface area (Å²) in [5.74, 6) is 0.300. The van der Waals surface area contributed by atoms with Crippen LogP contribution < -0.4 is 4.90 Å². The second-order valence-electron chi connectivity index (χ2n) is 6.24. The van der Waals surface area contributed by atoms with E-state index in [2.05, 4.69) is 30.7 Å². The van der Waals surface area contributed by atoms with E-state index in [1.165, 1.54) is 0 Å². The van der Waals surface area contributed by atoms with Gasteiger partial charge in [-0.05, 0) is 11.8 Å². The number of piperazine rings is 1. The molecule has 1 amide bonds. The number of carbonyl (C=O) groups excluding carboxylic acids is 1. The zero-order valence-electron chi connectivity index (χ0n) is 12.1. The number of nitrogens with zero attached hydrogens (tertiary/aromatic N) is 3. The molecule has 2 heterocycles. The van der Waals surface area contributed by atoms with Crippen LogP contribution in [-0.2, 0) is 4.79 Å². The van der Waals surface area contributed by atoms with Gasteiger partial charge in [0.15, 0.2) is 5.13 Å². The first kappa shape index (κ1) is 14.3. The summed E-state index contributed by atoms with van der Waals surface area (Å²) in [5.41, 5.74) is 0.234. The van der Waals surface area contributed by atoms with Gasteiger partial charge in [-0.1, -0.05) is 20.8 Å². The minimum absolute atomic E-state index is 0.234. The molecule has 106 valence electrons. The number of amides is 1. The Morgan fingerprint density at radius 1 is 1.32 bits per heavy atom. The van der Waals surface area contributed by atoms with Crippen molar-refractivity contribution >= 4 is 22.4 Å². The second kappa shape index (κ2) is 5.90. The van der Waals surface area contributed by atoms with Crippen LogP contribution in [0.25, 0.3) is 0 Å². The van der Waals surface area contributed by atoms with Crippen molar-refractivity contribution in [3.05, 3.63) is 11.6 Å². The molecule has 5 heteroatoms. The Balaban J connectivity index is 1.78. The van der Waals surface area contributed by atoms with E-state index in [4.69, 9.17) is 0 Å². The van der Waals surface area contributed by atoms with Crippen molar-refractivity contribution in [1.82, 2.24) is 9.88 Å². The number of hydrogen-bond donors (Lipinski definition) is 0. The molecule has 1 aromatic rings. The van der Waals surface area contributed by atoms with Gasteiger partial charge in [-0.3, -0.25) is 4.79 Å². The van der Waals surface area contributed by atoms with Crippen molar-refractivity contribution in [3.63, 3.8) is 0 Å². The highest BCUT2D eigenvalue weighted by molar-refractivity contribution is 7.13. The molecule has 2 rings (SSSR count). The monoisotopic (exact) mass is 281 g/mol. The van der Waals surface area contributed by atoms with Gasteiger partial charge in [0.25, 0.3) is 0 Å². The predicted octanol–water partition coefficient (Wildman–Crippen LogP) is 2.62. The minimum atomic E-state index is 0.234. The van der Waals surface area contributed by atoms with Gasteiger partial charge < -0.3 is 9.80 Å². The molecule has 1 saturated heterocycles. The van der Waals surface area contributed by atoms with Crippen LogP contribution in [-0.4, -0.2) is 42.0 Å². The van der Waals surface area contributed by atoms with Crippen molar-refractivity contribution in [2.45, 2.75) is 33.6 Å². The summed E-state index contributed by atoms with van der Waals surface area (Å²) in [4.78, 5) is 20.7. The quantitative estimate of drug-likeness (QED) is 0.854. The summed E-state index contributed by atoms with van der Waals surface area (Å²) in [5, 5.41) is 3.07. The molecular weight excluding hydrogens is 258 g/mol. The van der Waals surface area contributed by atoms with Gasteiger partial charge in [-0.15, -0.1) is 11.3 Å². The molecular formula is C14H23N3OS. The van der Waals surface area contributed by atoms with Crippen molar-refractivity contribution in [2.24, 2.45) is 5.41 Å². The maximum atomic E-state index is 12.1. The van der Waals surface area contributed by atoms with Gasteiger partial charge in [0, 0.05) is 44.2 Å². The summed E-state index contributed by atoms with van der Waals surface area (Å²) in [6.45, 7) is 9.98. The molecule has 1 fully saturated rings. The molecule has 0 unspecified atom stereocenters. The Morgan fingerprint density at radius 3 is 2.53 bits per heavy atom. The van der Waals surface area contributed by atoms with E-state index in [9.17, 15) is 4.79 Å². The first-order valence-corrected chi connectivity index (χ1v) is 7.76. The second-order valence-corrected chi connectivity index (χ2v) is 7.12. The largest absolute Gasteiger partial charge is 0.345 e. The van der Waals surface area contributed by atoms with Crippen LogP contribution in [0.2, 0.25) is 0 Å². The van der Waals surface area contributed by atoms with Gasteiger partial charge >= 0.3 is 0 Å². The highest BCUT2D eigenvalue weighted by atomic mass is 32.1. The summed E-state index contributed by atoms with van der Waals surface area (Å²) in [7, 11) is 0. The lowest BCUT2D eigenvalue weighted by atomic mass is 9.90. The lowest BCUT2D eigenvalue weighted by Crippen LogP contribution is -2.48. The topological polar surface area (TPSA) is 36.4 Å². The predicted molar refractivity (Wildman–Crippen MR) is 79.6 cm³/mol. The third-order valence-corrected chi connectivity index (χ3v) is 4.24. The zero-order chi connectivity index (χ0) is 13.9. The number of rotatable bonds is 3. The van der Waals surface area contributed by atoms with E-state index < -0.39 is 0 Å². The van der Waals surface area contributed by atoms with E-state index in [0.717, 1.165) is 37.7 Å². The van der Waals surface area contributed by atoms with E-state index in [1.807, 2.05) is 16.5 Å². The molecule has 0 spiro atoms. The van der Waals surface area contributed by atoms with Crippen LogP contribution in [0.5, 0.6) is 0 Å². The molecule has 0 N–H and O–H groups in total. The Hall–Kier alpha value is -1.10. The smallest absolute Gasteiger partial charge is 0.222 e. The molecule has 0 aliphatic carbocycles. The van der Waals surface area contributed by atoms with Gasteiger partial charge in [-0.25, -0.2) is 4.98 Å². The molecule has 1 aromatic heterocycles. The molecule has 1 aliphatic rings. The highest BCUT2D eigenvalue weighted by Gasteiger charge is 2.23. The summed E-state index contributed by atoms with van der Waals surface area (Å²) in [6, 6.07) is 0. The van der Waals surface area contributed by atoms with Crippen molar-refractivity contribution in [2.75, 3.05) is 31.1 Å². The number of thiazole rings is 1. The van der Waals surface area contributed by atoms with Gasteiger partial charge in [0.05, 0.1) is 0 Å². The van der Waals surface area contributed by atoms with E-state index >= 15 is 0 Å². The average molecular weight is 281 g/mol. The summed E-state index contributed by atoms with van der Waals surface area (Å²) < 4.78 is 0. The Bertz CT molecular complexity index is 403. The Kier molecular flexibility index (Phi) is 4.45. The maximum absolute atomic E-state index is 12.1. The molecule has 0 atom stereocenters. The minimum Gasteiger partial charge on any atom is -0.345 e. The first-order valence-electron chi connectivity index (χ1n) is 6.88. The van der Waals surface area contributed by atoms with Crippen LogP contribution in [0, 0.1) is 5.41 Å². The molecule has 0 radical (unpaired) electrons. The molecule has 0 bridgehead atoms. The molecule has 1 aliphatic heterocycles. The normalized spacial score (nSPS) is 16.8. The maximum Gasteiger partial charge on any atom is 0.222 e. The fourth-order valence-corrected chi connectivity index (χ4v) is 2.86. The van der Waals surface area contributed by atoms with Crippen LogP contribution in [0.1, 0.15) is 33.6 Å². The van der Waals surface area contributed by atoms with Crippen molar-refractivity contribution in [1.29, 1.82) is 0 Å². The van der Waals surface area contributed by atoms with E-state index in [-0.39, 0.29) is 5.41 Å². The number of hydrogen-bond acceptors (Lipinski definition) is 4. The fraction of sp³-hybridized carbons (Fsp3) is 0.714. The number of carbonyl (C=O) groups is 1. The van der Waals surface area contributed by atoms with Crippen molar-refractivity contribution < 1.29 is 4.79 Å². The average Bonchev–Trinajstić information content (AvgIpc) is 2.89. The van der Waals surface area contributed by atoms with Crippen LogP contribution >= 0.6 is 11.3 Å². The lowest BCUT2D eigenvalue weighted by molar-refractivity contribution is -0.132. The Morgan fingerprint density at radius 2 is 2.00 bits per heavy atom. The van der Waals surface area contributed by atoms with Gasteiger partial charge in [0.1, 0.15) is 0 Å². The number of anilines is 1. The van der Waals surface area contributed by atoms with E-state index in [0.29, 0.717) is 12.3 Å². The lowest BCUT2D eigenvalue weighted by Gasteiger charge is -2.35. The fourth-order valence-electron chi connectivity index (χ4n) is 2.16. The molecule has 19 heavy (non-hydrogen) atoms. The molecule has 0 aromatic carbocycles. The number of aromatic nitrogens is 1. The zero-order valence-corrected chi connectivity index (χ0v) is 12.9. The molecule has 0 saturated carbocycles.